The molecule has 0 radical (unpaired) electrons. The lowest BCUT2D eigenvalue weighted by Crippen LogP contribution is -2.53. The molecular weight excluding hydrogens is 336 g/mol. The van der Waals surface area contributed by atoms with Gasteiger partial charge in [0.15, 0.2) is 17.1 Å². The molecule has 7 nitrogen and oxygen atoms in total. The summed E-state index contributed by atoms with van der Waals surface area (Å²) in [6.07, 6.45) is -0.310. The van der Waals surface area contributed by atoms with Crippen molar-refractivity contribution < 1.29 is 23.5 Å². The van der Waals surface area contributed by atoms with E-state index in [1.807, 2.05) is 0 Å². The molecule has 1 aromatic carbocycles. The Morgan fingerprint density at radius 1 is 1.33 bits per heavy atom. The van der Waals surface area contributed by atoms with Crippen molar-refractivity contribution in [2.24, 2.45) is 0 Å². The molecule has 1 aromatic heterocycles. The predicted octanol–water partition coefficient (Wildman–Crippen LogP) is 2.37. The third-order valence-corrected chi connectivity index (χ3v) is 4.60. The Morgan fingerprint density at radius 3 is 2.96 bits per heavy atom. The lowest BCUT2D eigenvalue weighted by Gasteiger charge is -2.34. The van der Waals surface area contributed by atoms with Crippen LogP contribution >= 0.6 is 11.6 Å². The molecule has 2 saturated heterocycles. The lowest BCUT2D eigenvalue weighted by atomic mass is 10.2. The Hall–Kier alpha value is -2.41. The van der Waals surface area contributed by atoms with Gasteiger partial charge in [-0.1, -0.05) is 11.6 Å². The Labute approximate surface area is 142 Å². The van der Waals surface area contributed by atoms with Gasteiger partial charge in [-0.05, 0) is 12.1 Å². The van der Waals surface area contributed by atoms with Crippen LogP contribution < -0.4 is 4.74 Å². The molecule has 4 rings (SSSR count). The van der Waals surface area contributed by atoms with Crippen molar-refractivity contribution in [1.82, 2.24) is 9.80 Å². The Bertz CT molecular complexity index is 833. The fourth-order valence-electron chi connectivity index (χ4n) is 3.17. The maximum absolute atomic E-state index is 12.7. The topological polar surface area (TPSA) is 72.2 Å². The summed E-state index contributed by atoms with van der Waals surface area (Å²) in [5.74, 6) is 0.490. The van der Waals surface area contributed by atoms with Gasteiger partial charge < -0.3 is 18.8 Å². The molecule has 2 aromatic rings. The summed E-state index contributed by atoms with van der Waals surface area (Å²) in [6, 6.07) is 4.93. The number of hydrogen-bond acceptors (Lipinski definition) is 5. The van der Waals surface area contributed by atoms with Crippen LogP contribution in [0.4, 0.5) is 4.79 Å². The minimum Gasteiger partial charge on any atom is -0.493 e. The smallest absolute Gasteiger partial charge is 0.410 e. The Balaban J connectivity index is 1.61. The van der Waals surface area contributed by atoms with Gasteiger partial charge >= 0.3 is 6.09 Å². The maximum atomic E-state index is 12.7. The number of fused-ring (bicyclic) bond motifs is 2. The second-order valence-corrected chi connectivity index (χ2v) is 6.25. The molecule has 0 spiro atoms. The van der Waals surface area contributed by atoms with E-state index in [1.165, 1.54) is 7.11 Å². The minimum atomic E-state index is -0.310. The first kappa shape index (κ1) is 15.1. The second kappa shape index (κ2) is 5.59. The number of piperazine rings is 1. The van der Waals surface area contributed by atoms with Crippen LogP contribution in [0.2, 0.25) is 5.02 Å². The van der Waals surface area contributed by atoms with Crippen molar-refractivity contribution in [1.29, 1.82) is 0 Å². The van der Waals surface area contributed by atoms with Crippen molar-refractivity contribution in [2.45, 2.75) is 6.04 Å². The quantitative estimate of drug-likeness (QED) is 0.831. The Morgan fingerprint density at radius 2 is 2.17 bits per heavy atom. The van der Waals surface area contributed by atoms with Crippen LogP contribution in [-0.4, -0.2) is 61.2 Å². The van der Waals surface area contributed by atoms with E-state index in [0.717, 1.165) is 0 Å². The number of nitrogens with zero attached hydrogens (tertiary/aromatic N) is 2. The molecule has 24 heavy (non-hydrogen) atoms. The van der Waals surface area contributed by atoms with Crippen molar-refractivity contribution >= 4 is 34.6 Å². The number of cyclic esters (lactones) is 1. The van der Waals surface area contributed by atoms with Crippen LogP contribution in [0.15, 0.2) is 22.6 Å². The fourth-order valence-corrected chi connectivity index (χ4v) is 3.39. The van der Waals surface area contributed by atoms with Gasteiger partial charge in [-0.3, -0.25) is 9.69 Å². The molecule has 2 aliphatic rings. The van der Waals surface area contributed by atoms with Gasteiger partial charge in [0.2, 0.25) is 0 Å². The van der Waals surface area contributed by atoms with Gasteiger partial charge in [-0.2, -0.15) is 0 Å². The van der Waals surface area contributed by atoms with Crippen molar-refractivity contribution in [3.63, 3.8) is 0 Å². The largest absolute Gasteiger partial charge is 0.493 e. The molecule has 8 heteroatoms. The van der Waals surface area contributed by atoms with E-state index in [9.17, 15) is 9.59 Å². The first-order valence-electron chi connectivity index (χ1n) is 7.56. The van der Waals surface area contributed by atoms with Gasteiger partial charge in [0, 0.05) is 36.1 Å². The maximum Gasteiger partial charge on any atom is 0.410 e. The summed E-state index contributed by atoms with van der Waals surface area (Å²) in [7, 11) is 1.52. The zero-order chi connectivity index (χ0) is 16.8. The molecule has 3 heterocycles. The van der Waals surface area contributed by atoms with Crippen LogP contribution in [0.1, 0.15) is 10.6 Å². The monoisotopic (exact) mass is 350 g/mol. The molecule has 2 fully saturated rings. The molecule has 126 valence electrons. The molecule has 0 bridgehead atoms. The highest BCUT2D eigenvalue weighted by Crippen LogP contribution is 2.33. The summed E-state index contributed by atoms with van der Waals surface area (Å²) >= 11 is 6.05. The van der Waals surface area contributed by atoms with E-state index in [2.05, 4.69) is 0 Å². The average Bonchev–Trinajstić information content (AvgIpc) is 3.17. The van der Waals surface area contributed by atoms with Gasteiger partial charge in [0.25, 0.3) is 5.91 Å². The van der Waals surface area contributed by atoms with E-state index < -0.39 is 0 Å². The van der Waals surface area contributed by atoms with Gasteiger partial charge in [-0.25, -0.2) is 4.79 Å². The van der Waals surface area contributed by atoms with Gasteiger partial charge in [0.05, 0.1) is 13.2 Å². The Kier molecular flexibility index (Phi) is 3.53. The number of rotatable bonds is 2. The van der Waals surface area contributed by atoms with Crippen LogP contribution in [0, 0.1) is 0 Å². The van der Waals surface area contributed by atoms with Crippen LogP contribution in [-0.2, 0) is 4.74 Å². The fraction of sp³-hybridized carbons (Fsp3) is 0.375. The number of ether oxygens (including phenoxy) is 2. The summed E-state index contributed by atoms with van der Waals surface area (Å²) in [6.45, 7) is 1.65. The molecule has 0 aliphatic carbocycles. The van der Waals surface area contributed by atoms with Crippen LogP contribution in [0.5, 0.6) is 5.75 Å². The number of carbonyl (C=O) groups is 2. The van der Waals surface area contributed by atoms with Crippen molar-refractivity contribution in [3.05, 3.63) is 29.0 Å². The third-order valence-electron chi connectivity index (χ3n) is 4.38. The van der Waals surface area contributed by atoms with Gasteiger partial charge in [-0.15, -0.1) is 0 Å². The normalized spacial score (nSPS) is 20.2. The zero-order valence-electron chi connectivity index (χ0n) is 13.0. The van der Waals surface area contributed by atoms with E-state index in [0.29, 0.717) is 48.0 Å². The molecular formula is C16H15ClN2O5. The molecule has 2 aliphatic heterocycles. The number of halogens is 1. The first-order chi connectivity index (χ1) is 11.6. The number of furan rings is 1. The third kappa shape index (κ3) is 2.36. The highest BCUT2D eigenvalue weighted by Gasteiger charge is 2.39. The summed E-state index contributed by atoms with van der Waals surface area (Å²) in [5.41, 5.74) is 0.489. The number of methoxy groups -OCH3 is 1. The SMILES string of the molecule is COc1cc(Cl)cc2cc(C(=O)N3CCN4C(=O)OCC4C3)oc12. The van der Waals surface area contributed by atoms with E-state index in [-0.39, 0.29) is 23.8 Å². The lowest BCUT2D eigenvalue weighted by molar-refractivity contribution is 0.0588. The van der Waals surface area contributed by atoms with E-state index >= 15 is 0 Å². The predicted molar refractivity (Wildman–Crippen MR) is 85.5 cm³/mol. The molecule has 1 atom stereocenters. The summed E-state index contributed by atoms with van der Waals surface area (Å²) in [4.78, 5) is 27.6. The highest BCUT2D eigenvalue weighted by molar-refractivity contribution is 6.31. The van der Waals surface area contributed by atoms with Crippen molar-refractivity contribution in [3.8, 4) is 5.75 Å². The number of amides is 2. The minimum absolute atomic E-state index is 0.0939. The molecule has 1 unspecified atom stereocenters. The van der Waals surface area contributed by atoms with Crippen LogP contribution in [0.25, 0.3) is 11.0 Å². The first-order valence-corrected chi connectivity index (χ1v) is 7.94. The summed E-state index contributed by atoms with van der Waals surface area (Å²) < 4.78 is 16.0. The summed E-state index contributed by atoms with van der Waals surface area (Å²) in [5, 5.41) is 1.22. The molecule has 2 amide bonds. The van der Waals surface area contributed by atoms with Crippen LogP contribution in [0.3, 0.4) is 0 Å². The standard InChI is InChI=1S/C16H15ClN2O5/c1-22-12-6-10(17)4-9-5-13(24-14(9)12)15(20)18-2-3-19-11(7-18)8-23-16(19)21/h4-6,11H,2-3,7-8H2,1H3. The van der Waals surface area contributed by atoms with E-state index in [4.69, 9.17) is 25.5 Å². The highest BCUT2D eigenvalue weighted by atomic mass is 35.5. The second-order valence-electron chi connectivity index (χ2n) is 5.81. The van der Waals surface area contributed by atoms with Crippen molar-refractivity contribution in [2.75, 3.05) is 33.4 Å². The molecule has 0 saturated carbocycles. The zero-order valence-corrected chi connectivity index (χ0v) is 13.7. The number of hydrogen-bond donors (Lipinski definition) is 0. The number of benzene rings is 1. The van der Waals surface area contributed by atoms with E-state index in [1.54, 1.807) is 28.0 Å². The number of carbonyl (C=O) groups excluding carboxylic acids is 2. The molecule has 0 N–H and O–H groups in total. The van der Waals surface area contributed by atoms with Gasteiger partial charge in [0.1, 0.15) is 6.61 Å². The average molecular weight is 351 g/mol.